The maximum Gasteiger partial charge on any atom is 0.312 e. The summed E-state index contributed by atoms with van der Waals surface area (Å²) in [5, 5.41) is 28.2. The van der Waals surface area contributed by atoms with Crippen molar-refractivity contribution in [1.29, 1.82) is 5.41 Å². The minimum atomic E-state index is -2.72. The Morgan fingerprint density at radius 3 is 2.55 bits per heavy atom. The van der Waals surface area contributed by atoms with Gasteiger partial charge in [0.25, 0.3) is 0 Å². The second kappa shape index (κ2) is 9.45. The molecule has 1 saturated carbocycles. The van der Waals surface area contributed by atoms with Gasteiger partial charge in [-0.1, -0.05) is 25.3 Å². The first-order valence-electron chi connectivity index (χ1n) is 9.64. The standard InChI is InChI=1S/C21H25F2N5O/c1-28(16-5-3-2-4-6-16)20-10-9-18(26-27-20)17-8-7-14(11-19(17)29)15(12-24)13-25-21(22)23/h7-13,16,21,24-25,29H,2-6H2,1H3/b15-13+,24-12?. The molecule has 6 nitrogen and oxygen atoms in total. The number of alkyl halides is 2. The molecule has 0 amide bonds. The summed E-state index contributed by atoms with van der Waals surface area (Å²) < 4.78 is 24.6. The number of hydrogen-bond acceptors (Lipinski definition) is 6. The molecule has 2 aromatic rings. The van der Waals surface area contributed by atoms with Gasteiger partial charge in [-0.15, -0.1) is 10.2 Å². The van der Waals surface area contributed by atoms with E-state index in [1.165, 1.54) is 25.3 Å². The summed E-state index contributed by atoms with van der Waals surface area (Å²) >= 11 is 0. The van der Waals surface area contributed by atoms with E-state index < -0.39 is 6.55 Å². The molecule has 3 N–H and O–H groups in total. The van der Waals surface area contributed by atoms with Crippen LogP contribution in [0.15, 0.2) is 36.5 Å². The Bertz CT molecular complexity index is 864. The van der Waals surface area contributed by atoms with Gasteiger partial charge < -0.3 is 20.7 Å². The molecule has 1 aliphatic rings. The van der Waals surface area contributed by atoms with E-state index in [9.17, 15) is 13.9 Å². The lowest BCUT2D eigenvalue weighted by Gasteiger charge is -2.31. The minimum Gasteiger partial charge on any atom is -0.507 e. The highest BCUT2D eigenvalue weighted by atomic mass is 19.3. The van der Waals surface area contributed by atoms with Crippen molar-refractivity contribution in [3.63, 3.8) is 0 Å². The van der Waals surface area contributed by atoms with E-state index in [0.29, 0.717) is 22.9 Å². The van der Waals surface area contributed by atoms with Crippen LogP contribution in [-0.2, 0) is 0 Å². The summed E-state index contributed by atoms with van der Waals surface area (Å²) in [4.78, 5) is 2.16. The van der Waals surface area contributed by atoms with Crippen molar-refractivity contribution in [3.8, 4) is 17.0 Å². The molecule has 1 fully saturated rings. The first-order valence-corrected chi connectivity index (χ1v) is 9.64. The largest absolute Gasteiger partial charge is 0.507 e. The molecule has 0 atom stereocenters. The second-order valence-electron chi connectivity index (χ2n) is 7.12. The maximum absolute atomic E-state index is 12.3. The Morgan fingerprint density at radius 2 is 1.97 bits per heavy atom. The third-order valence-corrected chi connectivity index (χ3v) is 5.26. The van der Waals surface area contributed by atoms with Crippen molar-refractivity contribution >= 4 is 17.6 Å². The molecule has 0 saturated heterocycles. The van der Waals surface area contributed by atoms with Gasteiger partial charge in [0, 0.05) is 36.6 Å². The summed E-state index contributed by atoms with van der Waals surface area (Å²) in [5.74, 6) is 0.735. The van der Waals surface area contributed by atoms with Gasteiger partial charge in [-0.3, -0.25) is 0 Å². The van der Waals surface area contributed by atoms with Crippen molar-refractivity contribution in [3.05, 3.63) is 42.1 Å². The normalized spacial score (nSPS) is 15.4. The number of hydrogen-bond donors (Lipinski definition) is 3. The van der Waals surface area contributed by atoms with Crippen LogP contribution in [-0.4, -0.2) is 41.2 Å². The molecule has 0 radical (unpaired) electrons. The lowest BCUT2D eigenvalue weighted by molar-refractivity contribution is 0.125. The molecule has 0 unspecified atom stereocenters. The SMILES string of the molecule is CN(c1ccc(-c2ccc(/C(C=N)=C/NC(F)F)cc2O)nn1)C1CCCCC1. The molecule has 8 heteroatoms. The van der Waals surface area contributed by atoms with Crippen LogP contribution in [0, 0.1) is 5.41 Å². The highest BCUT2D eigenvalue weighted by Gasteiger charge is 2.19. The number of anilines is 1. The van der Waals surface area contributed by atoms with Crippen LogP contribution < -0.4 is 10.2 Å². The molecule has 1 aromatic heterocycles. The first kappa shape index (κ1) is 20.7. The number of benzene rings is 1. The van der Waals surface area contributed by atoms with Crippen molar-refractivity contribution in [2.75, 3.05) is 11.9 Å². The van der Waals surface area contributed by atoms with E-state index >= 15 is 0 Å². The summed E-state index contributed by atoms with van der Waals surface area (Å²) in [6.45, 7) is -2.72. The smallest absolute Gasteiger partial charge is 0.312 e. The molecule has 0 aliphatic heterocycles. The van der Waals surface area contributed by atoms with Crippen LogP contribution in [0.1, 0.15) is 37.7 Å². The molecular weight excluding hydrogens is 376 g/mol. The molecule has 1 aliphatic carbocycles. The topological polar surface area (TPSA) is 85.1 Å². The minimum absolute atomic E-state index is 0.0602. The fraction of sp³-hybridized carbons (Fsp3) is 0.381. The first-order chi connectivity index (χ1) is 14.0. The van der Waals surface area contributed by atoms with Crippen LogP contribution in [0.25, 0.3) is 16.8 Å². The number of phenols is 1. The number of aromatic hydroxyl groups is 1. The van der Waals surface area contributed by atoms with Gasteiger partial charge in [0.15, 0.2) is 5.82 Å². The van der Waals surface area contributed by atoms with E-state index in [1.54, 1.807) is 12.1 Å². The van der Waals surface area contributed by atoms with Crippen molar-refractivity contribution in [1.82, 2.24) is 15.5 Å². The summed E-state index contributed by atoms with van der Waals surface area (Å²) in [6, 6.07) is 8.87. The lowest BCUT2D eigenvalue weighted by atomic mass is 9.94. The number of rotatable bonds is 7. The van der Waals surface area contributed by atoms with Crippen LogP contribution in [0.3, 0.4) is 0 Å². The zero-order chi connectivity index (χ0) is 20.8. The summed E-state index contributed by atoms with van der Waals surface area (Å²) in [6.07, 6.45) is 8.06. The Morgan fingerprint density at radius 1 is 1.21 bits per heavy atom. The Balaban J connectivity index is 1.78. The number of aromatic nitrogens is 2. The monoisotopic (exact) mass is 401 g/mol. The van der Waals surface area contributed by atoms with Crippen LogP contribution >= 0.6 is 0 Å². The number of nitrogens with zero attached hydrogens (tertiary/aromatic N) is 3. The Kier molecular flexibility index (Phi) is 6.74. The third-order valence-electron chi connectivity index (χ3n) is 5.26. The summed E-state index contributed by atoms with van der Waals surface area (Å²) in [5.41, 5.74) is 1.67. The predicted molar refractivity (Wildman–Crippen MR) is 110 cm³/mol. The van der Waals surface area contributed by atoms with Gasteiger partial charge in [0.05, 0.1) is 5.69 Å². The van der Waals surface area contributed by atoms with Crippen molar-refractivity contribution in [2.45, 2.75) is 44.7 Å². The molecule has 154 valence electrons. The van der Waals surface area contributed by atoms with Crippen molar-refractivity contribution in [2.24, 2.45) is 0 Å². The average Bonchev–Trinajstić information content (AvgIpc) is 2.74. The molecule has 1 heterocycles. The zero-order valence-corrected chi connectivity index (χ0v) is 16.3. The molecule has 29 heavy (non-hydrogen) atoms. The van der Waals surface area contributed by atoms with Gasteiger partial charge >= 0.3 is 6.55 Å². The fourth-order valence-electron chi connectivity index (χ4n) is 3.60. The Hall–Kier alpha value is -3.03. The molecular formula is C21H25F2N5O. The molecule has 0 spiro atoms. The average molecular weight is 401 g/mol. The van der Waals surface area contributed by atoms with E-state index in [-0.39, 0.29) is 11.3 Å². The van der Waals surface area contributed by atoms with Crippen molar-refractivity contribution < 1.29 is 13.9 Å². The highest BCUT2D eigenvalue weighted by molar-refractivity contribution is 6.08. The molecule has 3 rings (SSSR count). The van der Waals surface area contributed by atoms with Gasteiger partial charge in [-0.25, -0.2) is 0 Å². The Labute approximate surface area is 168 Å². The number of phenolic OH excluding ortho intramolecular Hbond substituents is 1. The number of nitrogens with one attached hydrogen (secondary N) is 2. The van der Waals surface area contributed by atoms with Gasteiger partial charge in [-0.05, 0) is 42.7 Å². The van der Waals surface area contributed by atoms with E-state index in [1.807, 2.05) is 24.5 Å². The van der Waals surface area contributed by atoms with Gasteiger partial charge in [-0.2, -0.15) is 8.78 Å². The fourth-order valence-corrected chi connectivity index (χ4v) is 3.60. The van der Waals surface area contributed by atoms with Crippen LogP contribution in [0.2, 0.25) is 0 Å². The highest BCUT2D eigenvalue weighted by Crippen LogP contribution is 2.31. The molecule has 0 bridgehead atoms. The summed E-state index contributed by atoms with van der Waals surface area (Å²) in [7, 11) is 2.03. The van der Waals surface area contributed by atoms with Crippen LogP contribution in [0.4, 0.5) is 14.6 Å². The van der Waals surface area contributed by atoms with Crippen LogP contribution in [0.5, 0.6) is 5.75 Å². The van der Waals surface area contributed by atoms with E-state index in [4.69, 9.17) is 5.41 Å². The van der Waals surface area contributed by atoms with Gasteiger partial charge in [0.1, 0.15) is 5.75 Å². The quantitative estimate of drug-likeness (QED) is 0.472. The molecule has 1 aromatic carbocycles. The van der Waals surface area contributed by atoms with E-state index in [2.05, 4.69) is 15.1 Å². The number of halogens is 2. The maximum atomic E-state index is 12.3. The lowest BCUT2D eigenvalue weighted by Crippen LogP contribution is -2.34. The number of allylic oxidation sites excluding steroid dienone is 1. The predicted octanol–water partition coefficient (Wildman–Crippen LogP) is 4.42. The zero-order valence-electron chi connectivity index (χ0n) is 16.3. The third kappa shape index (κ3) is 5.07. The van der Waals surface area contributed by atoms with E-state index in [0.717, 1.165) is 31.1 Å². The second-order valence-corrected chi connectivity index (χ2v) is 7.12. The van der Waals surface area contributed by atoms with Gasteiger partial charge in [0.2, 0.25) is 0 Å².